The molecule has 0 aliphatic carbocycles. The predicted molar refractivity (Wildman–Crippen MR) is 136 cm³/mol. The fraction of sp³-hybridized carbons (Fsp3) is 0.652. The highest BCUT2D eigenvalue weighted by molar-refractivity contribution is 14.1. The molecule has 0 saturated carbocycles. The third kappa shape index (κ3) is 7.64. The lowest BCUT2D eigenvalue weighted by Crippen LogP contribution is -2.68. The van der Waals surface area contributed by atoms with Crippen LogP contribution >= 0.6 is 22.6 Å². The van der Waals surface area contributed by atoms with E-state index in [0.717, 1.165) is 5.56 Å². The molecule has 1 aliphatic heterocycles. The molecule has 1 amide bonds. The zero-order valence-corrected chi connectivity index (χ0v) is 23.6. The van der Waals surface area contributed by atoms with Gasteiger partial charge < -0.3 is 28.7 Å². The van der Waals surface area contributed by atoms with E-state index >= 15 is 0 Å². The summed E-state index contributed by atoms with van der Waals surface area (Å²) < 4.78 is 30.0. The molecule has 1 aromatic rings. The van der Waals surface area contributed by atoms with Crippen molar-refractivity contribution >= 4 is 43.0 Å². The van der Waals surface area contributed by atoms with Gasteiger partial charge in [-0.25, -0.2) is 4.79 Å². The number of benzene rings is 1. The second-order valence-electron chi connectivity index (χ2n) is 9.58. The molecule has 0 spiro atoms. The van der Waals surface area contributed by atoms with Gasteiger partial charge in [0.05, 0.1) is 0 Å². The number of carbonyl (C=O) groups is 2. The van der Waals surface area contributed by atoms with Crippen molar-refractivity contribution in [1.29, 1.82) is 0 Å². The number of hydrogen-bond donors (Lipinski definition) is 1. The van der Waals surface area contributed by atoms with E-state index in [0.29, 0.717) is 4.43 Å². The minimum atomic E-state index is -2.33. The van der Waals surface area contributed by atoms with Crippen molar-refractivity contribution in [3.05, 3.63) is 35.9 Å². The molecule has 2 rings (SSSR count). The molecule has 1 saturated heterocycles. The highest BCUT2D eigenvalue weighted by Gasteiger charge is 2.52. The normalized spacial score (nSPS) is 25.9. The minimum Gasteiger partial charge on any atom is -0.457 e. The lowest BCUT2D eigenvalue weighted by molar-refractivity contribution is -0.252. The Bertz CT molecular complexity index is 787. The maximum absolute atomic E-state index is 12.7. The lowest BCUT2D eigenvalue weighted by Gasteiger charge is -2.49. The Kier molecular flexibility index (Phi) is 10.2. The number of hydrogen-bond acceptors (Lipinski definition) is 7. The van der Waals surface area contributed by atoms with Gasteiger partial charge in [-0.1, -0.05) is 73.7 Å². The summed E-state index contributed by atoms with van der Waals surface area (Å²) in [6, 6.07) is 8.66. The van der Waals surface area contributed by atoms with Gasteiger partial charge in [0, 0.05) is 18.5 Å². The summed E-state index contributed by atoms with van der Waals surface area (Å²) in [5.41, 5.74) is 0.868. The number of methoxy groups -OCH3 is 1. The summed E-state index contributed by atoms with van der Waals surface area (Å²) in [7, 11) is -0.822. The van der Waals surface area contributed by atoms with Crippen LogP contribution in [0.2, 0.25) is 18.1 Å². The van der Waals surface area contributed by atoms with Crippen molar-refractivity contribution in [3.63, 3.8) is 0 Å². The highest BCUT2D eigenvalue weighted by Crippen LogP contribution is 2.40. The number of halogens is 1. The van der Waals surface area contributed by atoms with Gasteiger partial charge >= 0.3 is 12.1 Å². The Labute approximate surface area is 211 Å². The van der Waals surface area contributed by atoms with E-state index < -0.39 is 51.0 Å². The van der Waals surface area contributed by atoms with Gasteiger partial charge in [0.2, 0.25) is 0 Å². The molecule has 1 N–H and O–H groups in total. The van der Waals surface area contributed by atoms with E-state index in [1.54, 1.807) is 0 Å². The minimum absolute atomic E-state index is 0.104. The Morgan fingerprint density at radius 1 is 1.15 bits per heavy atom. The first-order chi connectivity index (χ1) is 15.4. The van der Waals surface area contributed by atoms with Crippen LogP contribution in [0, 0.1) is 0 Å². The number of alkyl halides is 1. The van der Waals surface area contributed by atoms with Gasteiger partial charge in [0.25, 0.3) is 0 Å². The van der Waals surface area contributed by atoms with Gasteiger partial charge in [-0.3, -0.25) is 4.79 Å². The van der Waals surface area contributed by atoms with Crippen LogP contribution in [0.5, 0.6) is 0 Å². The molecule has 0 aromatic heterocycles. The van der Waals surface area contributed by atoms with E-state index in [1.165, 1.54) is 14.0 Å². The molecule has 0 radical (unpaired) electrons. The molecule has 10 heteroatoms. The number of ether oxygens (including phenoxy) is 4. The lowest BCUT2D eigenvalue weighted by atomic mass is 9.97. The number of carbonyl (C=O) groups excluding carboxylic acids is 2. The van der Waals surface area contributed by atoms with Crippen molar-refractivity contribution in [2.24, 2.45) is 0 Å². The molecule has 33 heavy (non-hydrogen) atoms. The Balaban J connectivity index is 2.31. The Morgan fingerprint density at radius 2 is 1.79 bits per heavy atom. The summed E-state index contributed by atoms with van der Waals surface area (Å²) >= 11 is 2.18. The molecular formula is C23H36INO7Si. The standard InChI is InChI=1S/C23H36INO7Si/c1-15(26)30-19-17(13-24)31-21(28-5)18(20(19)32-33(6,7)23(2,3)4)25-22(27)29-14-16-11-9-8-10-12-16/h8-12,17-21H,13-14H2,1-7H3,(H,25,27)/t17-,18-,19-,20-,21+/m1/s1. The second kappa shape index (κ2) is 12.0. The molecular weight excluding hydrogens is 557 g/mol. The fourth-order valence-electron chi connectivity index (χ4n) is 3.27. The van der Waals surface area contributed by atoms with Crippen molar-refractivity contribution in [1.82, 2.24) is 5.32 Å². The van der Waals surface area contributed by atoms with E-state index in [4.69, 9.17) is 23.4 Å². The second-order valence-corrected chi connectivity index (χ2v) is 15.2. The van der Waals surface area contributed by atoms with Gasteiger partial charge in [-0.05, 0) is 23.7 Å². The first-order valence-electron chi connectivity index (χ1n) is 11.0. The summed E-state index contributed by atoms with van der Waals surface area (Å²) in [5.74, 6) is -0.441. The smallest absolute Gasteiger partial charge is 0.407 e. The number of nitrogens with one attached hydrogen (secondary N) is 1. The van der Waals surface area contributed by atoms with Crippen molar-refractivity contribution in [3.8, 4) is 0 Å². The molecule has 5 atom stereocenters. The van der Waals surface area contributed by atoms with Crippen LogP contribution in [0.1, 0.15) is 33.3 Å². The first kappa shape index (κ1) is 28.0. The van der Waals surface area contributed by atoms with Gasteiger partial charge in [-0.15, -0.1) is 0 Å². The van der Waals surface area contributed by atoms with E-state index in [1.807, 2.05) is 30.3 Å². The van der Waals surface area contributed by atoms with Crippen LogP contribution in [0.25, 0.3) is 0 Å². The van der Waals surface area contributed by atoms with Gasteiger partial charge in [0.15, 0.2) is 20.7 Å². The zero-order chi connectivity index (χ0) is 24.8. The topological polar surface area (TPSA) is 92.3 Å². The monoisotopic (exact) mass is 593 g/mol. The van der Waals surface area contributed by atoms with E-state index in [-0.39, 0.29) is 11.6 Å². The van der Waals surface area contributed by atoms with Gasteiger partial charge in [0.1, 0.15) is 24.9 Å². The number of amides is 1. The van der Waals surface area contributed by atoms with Crippen LogP contribution in [0.3, 0.4) is 0 Å². The van der Waals surface area contributed by atoms with Crippen LogP contribution in [-0.2, 0) is 34.8 Å². The predicted octanol–water partition coefficient (Wildman–Crippen LogP) is 4.41. The van der Waals surface area contributed by atoms with Crippen LogP contribution in [0.15, 0.2) is 30.3 Å². The molecule has 1 fully saturated rings. The average molecular weight is 594 g/mol. The molecule has 0 unspecified atom stereocenters. The summed E-state index contributed by atoms with van der Waals surface area (Å²) in [4.78, 5) is 24.7. The number of esters is 1. The fourth-order valence-corrected chi connectivity index (χ4v) is 5.30. The maximum Gasteiger partial charge on any atom is 0.407 e. The number of alkyl carbamates (subject to hydrolysis) is 1. The third-order valence-electron chi connectivity index (χ3n) is 6.07. The van der Waals surface area contributed by atoms with Crippen LogP contribution in [0.4, 0.5) is 4.79 Å². The van der Waals surface area contributed by atoms with Gasteiger partial charge in [-0.2, -0.15) is 0 Å². The SMILES string of the molecule is CO[C@H]1O[C@H](CI)[C@@H](OC(C)=O)[C@H](O[Si](C)(C)C(C)(C)C)[C@H]1NC(=O)OCc1ccccc1. The maximum atomic E-state index is 12.7. The Hall–Kier alpha value is -1.21. The molecule has 8 nitrogen and oxygen atoms in total. The third-order valence-corrected chi connectivity index (χ3v) is 11.4. The zero-order valence-electron chi connectivity index (χ0n) is 20.4. The van der Waals surface area contributed by atoms with E-state index in [9.17, 15) is 9.59 Å². The Morgan fingerprint density at radius 3 is 2.30 bits per heavy atom. The quantitative estimate of drug-likeness (QED) is 0.207. The molecule has 1 aliphatic rings. The highest BCUT2D eigenvalue weighted by atomic mass is 127. The molecule has 186 valence electrons. The van der Waals surface area contributed by atoms with E-state index in [2.05, 4.69) is 61.8 Å². The number of rotatable bonds is 8. The summed E-state index contributed by atoms with van der Waals surface area (Å²) in [6.45, 7) is 12.1. The van der Waals surface area contributed by atoms with Crippen molar-refractivity contribution in [2.75, 3.05) is 11.5 Å². The van der Waals surface area contributed by atoms with Crippen molar-refractivity contribution in [2.45, 2.75) is 83.1 Å². The summed E-state index contributed by atoms with van der Waals surface area (Å²) in [5, 5.41) is 2.75. The first-order valence-corrected chi connectivity index (χ1v) is 15.4. The van der Waals surface area contributed by atoms with Crippen molar-refractivity contribution < 1.29 is 33.0 Å². The molecule has 1 heterocycles. The van der Waals surface area contributed by atoms with Crippen LogP contribution < -0.4 is 5.32 Å². The average Bonchev–Trinajstić information content (AvgIpc) is 2.74. The van der Waals surface area contributed by atoms with Crippen LogP contribution in [-0.4, -0.2) is 62.6 Å². The largest absolute Gasteiger partial charge is 0.457 e. The summed E-state index contributed by atoms with van der Waals surface area (Å²) in [6.07, 6.45) is -3.26. The molecule has 1 aromatic carbocycles. The molecule has 0 bridgehead atoms.